The van der Waals surface area contributed by atoms with Crippen molar-refractivity contribution in [2.24, 2.45) is 11.3 Å². The van der Waals surface area contributed by atoms with E-state index in [1.807, 2.05) is 0 Å². The molecule has 0 bridgehead atoms. The van der Waals surface area contributed by atoms with Crippen molar-refractivity contribution in [1.82, 2.24) is 10.6 Å². The Morgan fingerprint density at radius 3 is 2.84 bits per heavy atom. The highest BCUT2D eigenvalue weighted by molar-refractivity contribution is 5.83. The van der Waals surface area contributed by atoms with Crippen molar-refractivity contribution in [3.8, 4) is 0 Å². The van der Waals surface area contributed by atoms with Gasteiger partial charge in [0.15, 0.2) is 0 Å². The van der Waals surface area contributed by atoms with E-state index in [1.165, 1.54) is 12.8 Å². The summed E-state index contributed by atoms with van der Waals surface area (Å²) in [5.74, 6) is 0.468. The quantitative estimate of drug-likeness (QED) is 0.707. The Morgan fingerprint density at radius 1 is 1.42 bits per heavy atom. The van der Waals surface area contributed by atoms with E-state index in [0.717, 1.165) is 45.2 Å². The van der Waals surface area contributed by atoms with Crippen molar-refractivity contribution in [1.29, 1.82) is 0 Å². The van der Waals surface area contributed by atoms with Gasteiger partial charge in [0.05, 0.1) is 5.41 Å². The minimum absolute atomic E-state index is 0.181. The maximum absolute atomic E-state index is 12.7. The molecule has 0 radical (unpaired) electrons. The largest absolute Gasteiger partial charge is 0.396 e. The zero-order valence-corrected chi connectivity index (χ0v) is 12.1. The summed E-state index contributed by atoms with van der Waals surface area (Å²) in [6.07, 6.45) is 7.36. The number of amides is 1. The van der Waals surface area contributed by atoms with Crippen LogP contribution in [0, 0.1) is 11.3 Å². The minimum Gasteiger partial charge on any atom is -0.396 e. The Bertz CT molecular complexity index is 301. The molecule has 1 amide bonds. The van der Waals surface area contributed by atoms with Crippen molar-refractivity contribution < 1.29 is 9.90 Å². The molecule has 3 unspecified atom stereocenters. The predicted molar refractivity (Wildman–Crippen MR) is 75.8 cm³/mol. The molecule has 3 atom stereocenters. The van der Waals surface area contributed by atoms with Gasteiger partial charge >= 0.3 is 0 Å². The third kappa shape index (κ3) is 3.29. The van der Waals surface area contributed by atoms with Crippen molar-refractivity contribution in [3.05, 3.63) is 0 Å². The topological polar surface area (TPSA) is 61.4 Å². The van der Waals surface area contributed by atoms with Crippen molar-refractivity contribution >= 4 is 5.91 Å². The number of hydrogen-bond donors (Lipinski definition) is 3. The Kier molecular flexibility index (Phi) is 5.22. The van der Waals surface area contributed by atoms with Gasteiger partial charge in [0.2, 0.25) is 5.91 Å². The third-order valence-corrected chi connectivity index (χ3v) is 4.91. The second-order valence-corrected chi connectivity index (χ2v) is 6.26. The summed E-state index contributed by atoms with van der Waals surface area (Å²) in [4.78, 5) is 12.7. The second kappa shape index (κ2) is 6.71. The lowest BCUT2D eigenvalue weighted by Crippen LogP contribution is -2.50. The molecule has 2 fully saturated rings. The summed E-state index contributed by atoms with van der Waals surface area (Å²) < 4.78 is 0. The van der Waals surface area contributed by atoms with E-state index in [1.54, 1.807) is 0 Å². The van der Waals surface area contributed by atoms with Crippen LogP contribution in [0.2, 0.25) is 0 Å². The van der Waals surface area contributed by atoms with Gasteiger partial charge < -0.3 is 15.7 Å². The van der Waals surface area contributed by atoms with E-state index in [4.69, 9.17) is 0 Å². The van der Waals surface area contributed by atoms with E-state index in [-0.39, 0.29) is 29.9 Å². The van der Waals surface area contributed by atoms with Crippen LogP contribution >= 0.6 is 0 Å². The van der Waals surface area contributed by atoms with Gasteiger partial charge in [-0.3, -0.25) is 4.79 Å². The van der Waals surface area contributed by atoms with Gasteiger partial charge in [0, 0.05) is 25.1 Å². The standard InChI is InChI=1S/C15H28N2O2/c1-2-7-15(8-9-16-11-15)14(19)17-13-6-4-3-5-12(13)10-18/h12-13,16,18H,2-11H2,1H3,(H,17,19). The van der Waals surface area contributed by atoms with Crippen LogP contribution in [0.3, 0.4) is 0 Å². The van der Waals surface area contributed by atoms with E-state index in [2.05, 4.69) is 17.6 Å². The van der Waals surface area contributed by atoms with Crippen LogP contribution in [0.5, 0.6) is 0 Å². The summed E-state index contributed by atoms with van der Waals surface area (Å²) >= 11 is 0. The summed E-state index contributed by atoms with van der Waals surface area (Å²) in [5, 5.41) is 16.0. The fraction of sp³-hybridized carbons (Fsp3) is 0.933. The lowest BCUT2D eigenvalue weighted by molar-refractivity contribution is -0.132. The molecule has 3 N–H and O–H groups in total. The van der Waals surface area contributed by atoms with Gasteiger partial charge in [-0.1, -0.05) is 26.2 Å². The highest BCUT2D eigenvalue weighted by Gasteiger charge is 2.41. The first kappa shape index (κ1) is 14.8. The molecule has 4 nitrogen and oxygen atoms in total. The van der Waals surface area contributed by atoms with E-state index in [9.17, 15) is 9.90 Å². The minimum atomic E-state index is -0.202. The molecular weight excluding hydrogens is 240 g/mol. The molecule has 19 heavy (non-hydrogen) atoms. The molecule has 0 spiro atoms. The molecule has 0 aromatic heterocycles. The molecule has 0 aromatic carbocycles. The number of rotatable bonds is 5. The number of hydrogen-bond acceptors (Lipinski definition) is 3. The maximum atomic E-state index is 12.7. The highest BCUT2D eigenvalue weighted by atomic mass is 16.3. The maximum Gasteiger partial charge on any atom is 0.227 e. The number of aliphatic hydroxyl groups excluding tert-OH is 1. The van der Waals surface area contributed by atoms with Gasteiger partial charge in [-0.15, -0.1) is 0 Å². The fourth-order valence-corrected chi connectivity index (χ4v) is 3.68. The highest BCUT2D eigenvalue weighted by Crippen LogP contribution is 2.33. The molecule has 2 aliphatic rings. The molecule has 1 saturated carbocycles. The van der Waals surface area contributed by atoms with Gasteiger partial charge in [-0.05, 0) is 32.2 Å². The van der Waals surface area contributed by atoms with Crippen molar-refractivity contribution in [2.75, 3.05) is 19.7 Å². The van der Waals surface area contributed by atoms with Gasteiger partial charge in [-0.2, -0.15) is 0 Å². The van der Waals surface area contributed by atoms with E-state index in [0.29, 0.717) is 0 Å². The molecule has 1 aliphatic heterocycles. The van der Waals surface area contributed by atoms with Crippen LogP contribution in [0.1, 0.15) is 51.9 Å². The first-order valence-electron chi connectivity index (χ1n) is 7.84. The van der Waals surface area contributed by atoms with Crippen LogP contribution < -0.4 is 10.6 Å². The lowest BCUT2D eigenvalue weighted by atomic mass is 9.79. The van der Waals surface area contributed by atoms with Gasteiger partial charge in [0.25, 0.3) is 0 Å². The Labute approximate surface area is 116 Å². The van der Waals surface area contributed by atoms with Crippen molar-refractivity contribution in [2.45, 2.75) is 57.9 Å². The Balaban J connectivity index is 1.98. The first-order chi connectivity index (χ1) is 9.22. The molecule has 1 heterocycles. The van der Waals surface area contributed by atoms with Crippen LogP contribution in [-0.2, 0) is 4.79 Å². The number of carbonyl (C=O) groups excluding carboxylic acids is 1. The van der Waals surface area contributed by atoms with Gasteiger partial charge in [0.1, 0.15) is 0 Å². The second-order valence-electron chi connectivity index (χ2n) is 6.26. The number of nitrogens with one attached hydrogen (secondary N) is 2. The molecule has 110 valence electrons. The third-order valence-electron chi connectivity index (χ3n) is 4.91. The van der Waals surface area contributed by atoms with E-state index < -0.39 is 0 Å². The van der Waals surface area contributed by atoms with Crippen LogP contribution in [0.15, 0.2) is 0 Å². The molecule has 1 aliphatic carbocycles. The van der Waals surface area contributed by atoms with Crippen LogP contribution in [0.4, 0.5) is 0 Å². The Hall–Kier alpha value is -0.610. The summed E-state index contributed by atoms with van der Waals surface area (Å²) in [6.45, 7) is 4.10. The lowest BCUT2D eigenvalue weighted by Gasteiger charge is -2.35. The zero-order valence-electron chi connectivity index (χ0n) is 12.1. The summed E-state index contributed by atoms with van der Waals surface area (Å²) in [6, 6.07) is 0.181. The first-order valence-corrected chi connectivity index (χ1v) is 7.84. The van der Waals surface area contributed by atoms with Crippen LogP contribution in [-0.4, -0.2) is 36.8 Å². The normalized spacial score (nSPS) is 35.3. The smallest absolute Gasteiger partial charge is 0.227 e. The molecule has 0 aromatic rings. The van der Waals surface area contributed by atoms with Gasteiger partial charge in [-0.25, -0.2) is 0 Å². The summed E-state index contributed by atoms with van der Waals surface area (Å²) in [5.41, 5.74) is -0.202. The van der Waals surface area contributed by atoms with E-state index >= 15 is 0 Å². The molecule has 4 heteroatoms. The monoisotopic (exact) mass is 268 g/mol. The zero-order chi connectivity index (χ0) is 13.7. The predicted octanol–water partition coefficient (Wildman–Crippen LogP) is 1.43. The molecular formula is C15H28N2O2. The molecule has 1 saturated heterocycles. The average Bonchev–Trinajstić information content (AvgIpc) is 2.90. The Morgan fingerprint density at radius 2 is 2.21 bits per heavy atom. The van der Waals surface area contributed by atoms with Crippen LogP contribution in [0.25, 0.3) is 0 Å². The summed E-state index contributed by atoms with van der Waals surface area (Å²) in [7, 11) is 0. The number of carbonyl (C=O) groups is 1. The SMILES string of the molecule is CCCC1(C(=O)NC2CCCCC2CO)CCNC1. The average molecular weight is 268 g/mol. The molecule has 2 rings (SSSR count). The van der Waals surface area contributed by atoms with Crippen molar-refractivity contribution in [3.63, 3.8) is 0 Å². The fourth-order valence-electron chi connectivity index (χ4n) is 3.68. The number of aliphatic hydroxyl groups is 1.